The molecule has 23 heavy (non-hydrogen) atoms. The Kier molecular flexibility index (Phi) is 4.50. The van der Waals surface area contributed by atoms with E-state index in [-0.39, 0.29) is 11.6 Å². The number of ether oxygens (including phenoxy) is 2. The van der Waals surface area contributed by atoms with Gasteiger partial charge >= 0.3 is 5.97 Å². The van der Waals surface area contributed by atoms with Gasteiger partial charge in [-0.3, -0.25) is 0 Å². The van der Waals surface area contributed by atoms with Crippen molar-refractivity contribution < 1.29 is 14.3 Å². The van der Waals surface area contributed by atoms with E-state index in [9.17, 15) is 4.79 Å². The fourth-order valence-corrected chi connectivity index (χ4v) is 2.71. The molecule has 2 aromatic carbocycles. The number of rotatable bonds is 3. The van der Waals surface area contributed by atoms with Crippen LogP contribution < -0.4 is 4.74 Å². The number of methoxy groups -OCH3 is 1. The van der Waals surface area contributed by atoms with Gasteiger partial charge in [-0.05, 0) is 42.0 Å². The number of esters is 1. The van der Waals surface area contributed by atoms with Gasteiger partial charge in [-0.15, -0.1) is 0 Å². The van der Waals surface area contributed by atoms with Crippen LogP contribution in [0.15, 0.2) is 57.6 Å². The van der Waals surface area contributed by atoms with Crippen LogP contribution in [0.2, 0.25) is 5.02 Å². The molecule has 1 aliphatic heterocycles. The monoisotopic (exact) mass is 391 g/mol. The molecule has 1 aliphatic rings. The van der Waals surface area contributed by atoms with Crippen LogP contribution in [0.3, 0.4) is 0 Å². The molecule has 0 bridgehead atoms. The van der Waals surface area contributed by atoms with E-state index in [1.165, 1.54) is 7.11 Å². The molecule has 0 spiro atoms. The minimum atomic E-state index is -0.512. The maximum Gasteiger partial charge on any atom is 0.363 e. The Morgan fingerprint density at radius 3 is 2.83 bits per heavy atom. The number of cyclic esters (lactones) is 1. The van der Waals surface area contributed by atoms with Crippen molar-refractivity contribution in [3.63, 3.8) is 0 Å². The molecule has 0 saturated carbocycles. The largest absolute Gasteiger partial charge is 0.496 e. The maximum absolute atomic E-state index is 12.0. The van der Waals surface area contributed by atoms with Gasteiger partial charge in [-0.1, -0.05) is 39.7 Å². The van der Waals surface area contributed by atoms with E-state index in [1.54, 1.807) is 24.3 Å². The summed E-state index contributed by atoms with van der Waals surface area (Å²) in [5.41, 5.74) is 1.60. The van der Waals surface area contributed by atoms with Crippen LogP contribution in [-0.2, 0) is 9.53 Å². The van der Waals surface area contributed by atoms with Gasteiger partial charge in [0.15, 0.2) is 5.70 Å². The molecule has 1 heterocycles. The average Bonchev–Trinajstić information content (AvgIpc) is 2.88. The average molecular weight is 393 g/mol. The number of aliphatic imine (C=N–C) groups is 1. The third-order valence-electron chi connectivity index (χ3n) is 3.16. The quantitative estimate of drug-likeness (QED) is 0.572. The molecule has 0 fully saturated rings. The highest BCUT2D eigenvalue weighted by atomic mass is 79.9. The molecule has 0 unspecified atom stereocenters. The zero-order chi connectivity index (χ0) is 16.4. The molecule has 0 aromatic heterocycles. The second-order valence-corrected chi connectivity index (χ2v) is 6.09. The SMILES string of the molecule is COc1ccc(Cl)cc1C1=N/C(=C\c2cccc(Br)c2)C(=O)O1. The first kappa shape index (κ1) is 15.8. The predicted molar refractivity (Wildman–Crippen MR) is 92.8 cm³/mol. The van der Waals surface area contributed by atoms with Gasteiger partial charge in [0, 0.05) is 9.50 Å². The van der Waals surface area contributed by atoms with E-state index < -0.39 is 5.97 Å². The van der Waals surface area contributed by atoms with Crippen molar-refractivity contribution in [3.8, 4) is 5.75 Å². The lowest BCUT2D eigenvalue weighted by Gasteiger charge is -2.07. The number of halogens is 2. The van der Waals surface area contributed by atoms with Crippen molar-refractivity contribution in [2.75, 3.05) is 7.11 Å². The Hall–Kier alpha value is -2.11. The molecular weight excluding hydrogens is 382 g/mol. The Morgan fingerprint density at radius 2 is 2.09 bits per heavy atom. The lowest BCUT2D eigenvalue weighted by atomic mass is 10.2. The highest BCUT2D eigenvalue weighted by Gasteiger charge is 2.26. The van der Waals surface area contributed by atoms with Crippen molar-refractivity contribution in [2.24, 2.45) is 4.99 Å². The molecule has 4 nitrogen and oxygen atoms in total. The summed E-state index contributed by atoms with van der Waals surface area (Å²) in [6.45, 7) is 0. The van der Waals surface area contributed by atoms with Gasteiger partial charge in [0.1, 0.15) is 5.75 Å². The molecule has 0 N–H and O–H groups in total. The summed E-state index contributed by atoms with van der Waals surface area (Å²) in [7, 11) is 1.53. The summed E-state index contributed by atoms with van der Waals surface area (Å²) in [6, 6.07) is 12.6. The van der Waals surface area contributed by atoms with Crippen molar-refractivity contribution in [2.45, 2.75) is 0 Å². The minimum absolute atomic E-state index is 0.176. The molecular formula is C17H11BrClNO3. The first-order valence-corrected chi connectivity index (χ1v) is 7.86. The van der Waals surface area contributed by atoms with E-state index in [4.69, 9.17) is 21.1 Å². The smallest absolute Gasteiger partial charge is 0.363 e. The predicted octanol–water partition coefficient (Wildman–Crippen LogP) is 4.46. The van der Waals surface area contributed by atoms with Gasteiger partial charge in [-0.2, -0.15) is 0 Å². The van der Waals surface area contributed by atoms with E-state index in [2.05, 4.69) is 20.9 Å². The number of carbonyl (C=O) groups is 1. The van der Waals surface area contributed by atoms with Gasteiger partial charge in [0.2, 0.25) is 5.90 Å². The van der Waals surface area contributed by atoms with Gasteiger partial charge in [0.25, 0.3) is 0 Å². The Labute approximate surface area is 146 Å². The van der Waals surface area contributed by atoms with E-state index >= 15 is 0 Å². The molecule has 2 aromatic rings. The maximum atomic E-state index is 12.0. The standard InChI is InChI=1S/C17H11BrClNO3/c1-22-15-6-5-12(19)9-13(15)16-20-14(17(21)23-16)8-10-3-2-4-11(18)7-10/h2-9H,1H3/b14-8-. The van der Waals surface area contributed by atoms with Crippen molar-refractivity contribution in [1.29, 1.82) is 0 Å². The molecule has 6 heteroatoms. The van der Waals surface area contributed by atoms with Gasteiger partial charge in [0.05, 0.1) is 12.7 Å². The normalized spacial score (nSPS) is 15.5. The third kappa shape index (κ3) is 3.46. The third-order valence-corrected chi connectivity index (χ3v) is 3.89. The summed E-state index contributed by atoms with van der Waals surface area (Å²) in [6.07, 6.45) is 1.66. The lowest BCUT2D eigenvalue weighted by molar-refractivity contribution is -0.129. The summed E-state index contributed by atoms with van der Waals surface area (Å²) in [5.74, 6) is 0.197. The van der Waals surface area contributed by atoms with Crippen molar-refractivity contribution >= 4 is 45.5 Å². The fourth-order valence-electron chi connectivity index (χ4n) is 2.13. The second-order valence-electron chi connectivity index (χ2n) is 4.74. The van der Waals surface area contributed by atoms with Gasteiger partial charge < -0.3 is 9.47 Å². The topological polar surface area (TPSA) is 47.9 Å². The van der Waals surface area contributed by atoms with E-state index in [1.807, 2.05) is 24.3 Å². The summed E-state index contributed by atoms with van der Waals surface area (Å²) in [4.78, 5) is 16.3. The summed E-state index contributed by atoms with van der Waals surface area (Å²) in [5, 5.41) is 0.504. The molecule has 0 radical (unpaired) electrons. The molecule has 116 valence electrons. The van der Waals surface area contributed by atoms with Crippen LogP contribution in [0, 0.1) is 0 Å². The minimum Gasteiger partial charge on any atom is -0.496 e. The van der Waals surface area contributed by atoms with Crippen molar-refractivity contribution in [1.82, 2.24) is 0 Å². The number of nitrogens with zero attached hydrogens (tertiary/aromatic N) is 1. The first-order chi connectivity index (χ1) is 11.1. The summed E-state index contributed by atoms with van der Waals surface area (Å²) >= 11 is 9.39. The molecule has 0 amide bonds. The van der Waals surface area contributed by atoms with Crippen LogP contribution in [0.1, 0.15) is 11.1 Å². The van der Waals surface area contributed by atoms with Crippen LogP contribution >= 0.6 is 27.5 Å². The van der Waals surface area contributed by atoms with Crippen LogP contribution in [0.4, 0.5) is 0 Å². The fraction of sp³-hybridized carbons (Fsp3) is 0.0588. The number of carbonyl (C=O) groups excluding carboxylic acids is 1. The molecule has 3 rings (SSSR count). The molecule has 0 saturated heterocycles. The first-order valence-electron chi connectivity index (χ1n) is 6.69. The van der Waals surface area contributed by atoms with Crippen LogP contribution in [-0.4, -0.2) is 19.0 Å². The Balaban J connectivity index is 2.00. The number of hydrogen-bond acceptors (Lipinski definition) is 4. The lowest BCUT2D eigenvalue weighted by Crippen LogP contribution is -2.07. The highest BCUT2D eigenvalue weighted by Crippen LogP contribution is 2.28. The molecule has 0 atom stereocenters. The number of hydrogen-bond donors (Lipinski definition) is 0. The van der Waals surface area contributed by atoms with Gasteiger partial charge in [-0.25, -0.2) is 9.79 Å². The van der Waals surface area contributed by atoms with Crippen LogP contribution in [0.5, 0.6) is 5.75 Å². The zero-order valence-corrected chi connectivity index (χ0v) is 14.4. The van der Waals surface area contributed by atoms with E-state index in [0.29, 0.717) is 16.3 Å². The zero-order valence-electron chi connectivity index (χ0n) is 12.0. The Bertz CT molecular complexity index is 845. The second kappa shape index (κ2) is 6.56. The number of benzene rings is 2. The highest BCUT2D eigenvalue weighted by molar-refractivity contribution is 9.10. The van der Waals surface area contributed by atoms with E-state index in [0.717, 1.165) is 10.0 Å². The molecule has 0 aliphatic carbocycles. The van der Waals surface area contributed by atoms with Crippen LogP contribution in [0.25, 0.3) is 6.08 Å². The summed E-state index contributed by atoms with van der Waals surface area (Å²) < 4.78 is 11.4. The Morgan fingerprint density at radius 1 is 1.26 bits per heavy atom. The van der Waals surface area contributed by atoms with Crippen molar-refractivity contribution in [3.05, 3.63) is 68.8 Å².